The Morgan fingerprint density at radius 2 is 1.72 bits per heavy atom. The Balaban J connectivity index is 0.000000815. The topological polar surface area (TPSA) is 100 Å². The van der Waals surface area contributed by atoms with Crippen molar-refractivity contribution in [2.45, 2.75) is 13.8 Å². The van der Waals surface area contributed by atoms with E-state index in [-0.39, 0.29) is 5.91 Å². The number of hydrogen-bond donors (Lipinski definition) is 3. The van der Waals surface area contributed by atoms with E-state index >= 15 is 0 Å². The number of halogens is 2. The van der Waals surface area contributed by atoms with Crippen LogP contribution in [-0.2, 0) is 11.2 Å². The van der Waals surface area contributed by atoms with Crippen LogP contribution in [0.5, 0.6) is 0 Å². The summed E-state index contributed by atoms with van der Waals surface area (Å²) in [6, 6.07) is 22.2. The van der Waals surface area contributed by atoms with E-state index in [1.165, 1.54) is 7.05 Å². The van der Waals surface area contributed by atoms with Gasteiger partial charge in [-0.15, -0.1) is 0 Å². The Hall–Kier alpha value is -3.27. The highest BCUT2D eigenvalue weighted by atomic mass is 35.5. The Morgan fingerprint density at radius 3 is 2.33 bits per heavy atom. The summed E-state index contributed by atoms with van der Waals surface area (Å²) in [4.78, 5) is 17.4. The van der Waals surface area contributed by atoms with Gasteiger partial charge >= 0.3 is 0 Å². The fourth-order valence-electron chi connectivity index (χ4n) is 3.61. The van der Waals surface area contributed by atoms with Crippen LogP contribution in [-0.4, -0.2) is 35.7 Å². The number of aromatic nitrogens is 1. The Kier molecular flexibility index (Phi) is 13.1. The molecular formula is C29H33Cl2N5O2S. The molecule has 0 aliphatic rings. The molecule has 0 aliphatic heterocycles. The number of nitrogens with zero attached hydrogens (tertiary/aromatic N) is 2. The number of carbonyl (C=O) groups excluding carboxylic acids is 1. The van der Waals surface area contributed by atoms with Crippen LogP contribution in [0.4, 0.5) is 11.4 Å². The second kappa shape index (κ2) is 16.0. The van der Waals surface area contributed by atoms with Crippen molar-refractivity contribution in [2.24, 2.45) is 5.73 Å². The molecule has 0 radical (unpaired) electrons. The SMILES string of the molecule is C=C(C)Cl.CCN(c1ccc(C(=O)Nc2ccc(Cl)c(-c3nccc4ccccc34)c2)cc1)S(=O)NC.CN. The standard InChI is InChI=1S/C25H23ClN4O2S.C3H5Cl.CH5N/c1-3-30(33(32)27-2)20-11-8-18(9-12-20)25(31)29-19-10-13-23(26)22(16-19)24-21-7-5-4-6-17(21)14-15-28-24;1-3(2)4;1-2/h4-16,27H,3H2,1-2H3,(H,29,31);1H2,2H3;2H2,1H3. The highest BCUT2D eigenvalue weighted by Gasteiger charge is 2.14. The number of pyridine rings is 1. The van der Waals surface area contributed by atoms with Gasteiger partial charge in [0.25, 0.3) is 5.91 Å². The predicted molar refractivity (Wildman–Crippen MR) is 168 cm³/mol. The Bertz CT molecular complexity index is 1420. The van der Waals surface area contributed by atoms with Gasteiger partial charge in [-0.25, -0.2) is 8.93 Å². The smallest absolute Gasteiger partial charge is 0.255 e. The van der Waals surface area contributed by atoms with Gasteiger partial charge in [0.1, 0.15) is 0 Å². The molecule has 4 N–H and O–H groups in total. The van der Waals surface area contributed by atoms with E-state index in [4.69, 9.17) is 23.2 Å². The molecule has 39 heavy (non-hydrogen) atoms. The molecule has 1 unspecified atom stereocenters. The van der Waals surface area contributed by atoms with Crippen LogP contribution in [0.2, 0.25) is 5.02 Å². The first-order chi connectivity index (χ1) is 18.7. The zero-order valence-corrected chi connectivity index (χ0v) is 24.7. The lowest BCUT2D eigenvalue weighted by Crippen LogP contribution is -2.33. The summed E-state index contributed by atoms with van der Waals surface area (Å²) in [6.45, 7) is 7.54. The van der Waals surface area contributed by atoms with Crippen molar-refractivity contribution in [3.8, 4) is 11.3 Å². The third kappa shape index (κ3) is 8.88. The first kappa shape index (κ1) is 31.9. The molecule has 0 saturated carbocycles. The minimum Gasteiger partial charge on any atom is -0.333 e. The number of anilines is 2. The number of rotatable bonds is 7. The average Bonchev–Trinajstić information content (AvgIpc) is 2.95. The van der Waals surface area contributed by atoms with Crippen molar-refractivity contribution in [2.75, 3.05) is 30.3 Å². The normalized spacial score (nSPS) is 10.8. The molecule has 4 rings (SSSR count). The van der Waals surface area contributed by atoms with Crippen LogP contribution in [0.1, 0.15) is 24.2 Å². The summed E-state index contributed by atoms with van der Waals surface area (Å²) in [6.07, 6.45) is 1.75. The lowest BCUT2D eigenvalue weighted by Gasteiger charge is -2.20. The van der Waals surface area contributed by atoms with E-state index in [9.17, 15) is 9.00 Å². The minimum atomic E-state index is -1.33. The third-order valence-corrected chi connectivity index (χ3v) is 6.78. The van der Waals surface area contributed by atoms with E-state index in [0.29, 0.717) is 27.9 Å². The molecule has 1 aromatic heterocycles. The highest BCUT2D eigenvalue weighted by Crippen LogP contribution is 2.34. The number of amides is 1. The molecule has 1 amide bonds. The molecule has 0 fully saturated rings. The van der Waals surface area contributed by atoms with Crippen molar-refractivity contribution in [1.29, 1.82) is 0 Å². The summed E-state index contributed by atoms with van der Waals surface area (Å²) in [5.41, 5.74) is 7.87. The first-order valence-corrected chi connectivity index (χ1v) is 13.9. The highest BCUT2D eigenvalue weighted by molar-refractivity contribution is 7.84. The van der Waals surface area contributed by atoms with Crippen molar-refractivity contribution in [1.82, 2.24) is 9.71 Å². The zero-order valence-electron chi connectivity index (χ0n) is 22.4. The van der Waals surface area contributed by atoms with Crippen LogP contribution in [0.25, 0.3) is 22.0 Å². The van der Waals surface area contributed by atoms with Gasteiger partial charge in [-0.1, -0.05) is 54.0 Å². The van der Waals surface area contributed by atoms with E-state index in [2.05, 4.69) is 27.3 Å². The number of fused-ring (bicyclic) bond motifs is 1. The summed E-state index contributed by atoms with van der Waals surface area (Å²) < 4.78 is 16.5. The summed E-state index contributed by atoms with van der Waals surface area (Å²) >= 11 is 10.2. The van der Waals surface area contributed by atoms with Gasteiger partial charge in [-0.2, -0.15) is 0 Å². The molecular weight excluding hydrogens is 553 g/mol. The molecule has 4 aromatic rings. The molecule has 10 heteroatoms. The van der Waals surface area contributed by atoms with Crippen LogP contribution in [0.3, 0.4) is 0 Å². The minimum absolute atomic E-state index is 0.251. The van der Waals surface area contributed by atoms with Gasteiger partial charge in [0.05, 0.1) is 16.4 Å². The molecule has 1 heterocycles. The maximum absolute atomic E-state index is 12.9. The van der Waals surface area contributed by atoms with E-state index in [1.807, 2.05) is 43.3 Å². The van der Waals surface area contributed by atoms with Crippen molar-refractivity contribution in [3.63, 3.8) is 0 Å². The molecule has 206 valence electrons. The van der Waals surface area contributed by atoms with Crippen LogP contribution in [0.15, 0.2) is 90.6 Å². The fraction of sp³-hybridized carbons (Fsp3) is 0.172. The predicted octanol–water partition coefficient (Wildman–Crippen LogP) is 6.77. The Morgan fingerprint density at radius 1 is 1.08 bits per heavy atom. The molecule has 0 bridgehead atoms. The average molecular weight is 587 g/mol. The zero-order chi connectivity index (χ0) is 28.9. The molecule has 0 saturated heterocycles. The second-order valence-corrected chi connectivity index (χ2v) is 10.3. The summed E-state index contributed by atoms with van der Waals surface area (Å²) in [5, 5.41) is 6.17. The molecule has 0 aliphatic carbocycles. The van der Waals surface area contributed by atoms with Gasteiger partial charge in [-0.3, -0.25) is 14.1 Å². The van der Waals surface area contributed by atoms with Crippen LogP contribution < -0.4 is 20.1 Å². The first-order valence-electron chi connectivity index (χ1n) is 12.1. The third-order valence-electron chi connectivity index (χ3n) is 5.23. The van der Waals surface area contributed by atoms with Crippen molar-refractivity contribution >= 4 is 62.4 Å². The quantitative estimate of drug-likeness (QED) is 0.223. The van der Waals surface area contributed by atoms with E-state index in [0.717, 1.165) is 27.7 Å². The summed E-state index contributed by atoms with van der Waals surface area (Å²) in [5.74, 6) is -0.251. The van der Waals surface area contributed by atoms with Gasteiger partial charge < -0.3 is 11.1 Å². The number of carbonyl (C=O) groups is 1. The Labute approximate surface area is 242 Å². The number of hydrogen-bond acceptors (Lipinski definition) is 4. The van der Waals surface area contributed by atoms with Crippen molar-refractivity contribution in [3.05, 3.63) is 101 Å². The van der Waals surface area contributed by atoms with Crippen molar-refractivity contribution < 1.29 is 9.00 Å². The molecule has 1 atom stereocenters. The maximum atomic E-state index is 12.9. The number of benzene rings is 3. The lowest BCUT2D eigenvalue weighted by molar-refractivity contribution is 0.102. The monoisotopic (exact) mass is 585 g/mol. The van der Waals surface area contributed by atoms with Gasteiger partial charge in [0.2, 0.25) is 0 Å². The second-order valence-electron chi connectivity index (χ2n) is 7.90. The number of nitrogens with one attached hydrogen (secondary N) is 2. The summed E-state index contributed by atoms with van der Waals surface area (Å²) in [7, 11) is 3.13. The van der Waals surface area contributed by atoms with E-state index < -0.39 is 11.2 Å². The van der Waals surface area contributed by atoms with Gasteiger partial charge in [0.15, 0.2) is 11.2 Å². The number of nitrogens with two attached hydrogens (primary N) is 1. The largest absolute Gasteiger partial charge is 0.333 e. The van der Waals surface area contributed by atoms with Crippen LogP contribution >= 0.6 is 23.2 Å². The molecule has 3 aromatic carbocycles. The maximum Gasteiger partial charge on any atom is 0.255 e. The number of allylic oxidation sites excluding steroid dienone is 1. The lowest BCUT2D eigenvalue weighted by atomic mass is 10.0. The van der Waals surface area contributed by atoms with Gasteiger partial charge in [0, 0.05) is 40.0 Å². The fourth-order valence-corrected chi connectivity index (χ4v) is 4.58. The molecule has 7 nitrogen and oxygen atoms in total. The van der Waals surface area contributed by atoms with Gasteiger partial charge in [-0.05, 0) is 81.9 Å². The van der Waals surface area contributed by atoms with E-state index in [1.54, 1.807) is 60.9 Å². The van der Waals surface area contributed by atoms with Crippen LogP contribution in [0, 0.1) is 0 Å². The molecule has 0 spiro atoms.